The second-order valence-corrected chi connectivity index (χ2v) is 6.55. The molecule has 1 amide bonds. The average molecular weight is 224 g/mol. The molecule has 0 heterocycles. The Labute approximate surface area is 99.2 Å². The summed E-state index contributed by atoms with van der Waals surface area (Å²) in [5.41, 5.74) is -0.848. The fraction of sp³-hybridized carbons (Fsp3) is 0.846. The number of hydrogen-bond donors (Lipinski definition) is 1. The first-order valence-electron chi connectivity index (χ1n) is 5.63. The van der Waals surface area contributed by atoms with Gasteiger partial charge in [0.2, 0.25) is 5.91 Å². The molecule has 0 aromatic rings. The minimum atomic E-state index is -0.950. The van der Waals surface area contributed by atoms with Crippen LogP contribution in [0.25, 0.3) is 0 Å². The van der Waals surface area contributed by atoms with Crippen LogP contribution in [0.4, 0.5) is 0 Å². The van der Waals surface area contributed by atoms with Crippen LogP contribution in [0.3, 0.4) is 0 Å². The molecule has 0 aromatic heterocycles. The van der Waals surface area contributed by atoms with Gasteiger partial charge in [-0.3, -0.25) is 4.79 Å². The molecule has 0 rings (SSSR count). The summed E-state index contributed by atoms with van der Waals surface area (Å²) in [7, 11) is 0. The Morgan fingerprint density at radius 2 is 1.56 bits per heavy atom. The number of nitriles is 1. The number of nitrogens with one attached hydrogen (secondary N) is 1. The van der Waals surface area contributed by atoms with E-state index in [-0.39, 0.29) is 16.7 Å². The van der Waals surface area contributed by atoms with Gasteiger partial charge >= 0.3 is 0 Å². The molecule has 0 unspecified atom stereocenters. The van der Waals surface area contributed by atoms with Crippen molar-refractivity contribution in [3.63, 3.8) is 0 Å². The van der Waals surface area contributed by atoms with E-state index in [0.717, 1.165) is 0 Å². The maximum absolute atomic E-state index is 11.7. The second kappa shape index (κ2) is 4.45. The summed E-state index contributed by atoms with van der Waals surface area (Å²) < 4.78 is 0. The Morgan fingerprint density at radius 3 is 1.88 bits per heavy atom. The first-order valence-corrected chi connectivity index (χ1v) is 5.63. The fourth-order valence-electron chi connectivity index (χ4n) is 0.838. The lowest BCUT2D eigenvalue weighted by Gasteiger charge is -2.39. The van der Waals surface area contributed by atoms with Crippen LogP contribution in [0, 0.1) is 27.6 Å². The van der Waals surface area contributed by atoms with E-state index in [1.165, 1.54) is 0 Å². The summed E-state index contributed by atoms with van der Waals surface area (Å²) in [4.78, 5) is 11.7. The monoisotopic (exact) mass is 224 g/mol. The number of carbonyl (C=O) groups is 1. The number of nitrogens with zero attached hydrogens (tertiary/aromatic N) is 1. The van der Waals surface area contributed by atoms with Crippen molar-refractivity contribution in [2.45, 2.75) is 48.5 Å². The third kappa shape index (κ3) is 3.52. The van der Waals surface area contributed by atoms with Crippen LogP contribution in [0.5, 0.6) is 0 Å². The highest BCUT2D eigenvalue weighted by Gasteiger charge is 2.35. The predicted octanol–water partition coefficient (Wildman–Crippen LogP) is 2.72. The van der Waals surface area contributed by atoms with Gasteiger partial charge in [-0.2, -0.15) is 5.26 Å². The molecular weight excluding hydrogens is 200 g/mol. The normalized spacial score (nSPS) is 13.1. The van der Waals surface area contributed by atoms with E-state index in [9.17, 15) is 4.79 Å². The Bertz CT molecular complexity index is 303. The summed E-state index contributed by atoms with van der Waals surface area (Å²) >= 11 is 0. The minimum absolute atomic E-state index is 0.00576. The van der Waals surface area contributed by atoms with E-state index in [4.69, 9.17) is 5.26 Å². The molecule has 0 saturated carbocycles. The van der Waals surface area contributed by atoms with Gasteiger partial charge in [0.1, 0.15) is 5.41 Å². The standard InChI is InChI=1S/C13H24N2O/c1-11(2,3)13(6,7)9-15-10(16)12(4,5)8-14/h9H2,1-7H3,(H,15,16). The highest BCUT2D eigenvalue weighted by molar-refractivity contribution is 5.84. The molecular formula is C13H24N2O. The molecule has 0 spiro atoms. The zero-order valence-electron chi connectivity index (χ0n) is 11.6. The van der Waals surface area contributed by atoms with E-state index < -0.39 is 5.41 Å². The zero-order chi connectivity index (χ0) is 13.2. The summed E-state index contributed by atoms with van der Waals surface area (Å²) in [6.07, 6.45) is 0. The molecule has 16 heavy (non-hydrogen) atoms. The Balaban J connectivity index is 4.51. The largest absolute Gasteiger partial charge is 0.354 e. The average Bonchev–Trinajstić information content (AvgIpc) is 2.12. The van der Waals surface area contributed by atoms with Crippen LogP contribution < -0.4 is 5.32 Å². The second-order valence-electron chi connectivity index (χ2n) is 6.55. The molecule has 0 fully saturated rings. The Kier molecular flexibility index (Phi) is 4.16. The minimum Gasteiger partial charge on any atom is -0.354 e. The molecule has 0 radical (unpaired) electrons. The van der Waals surface area contributed by atoms with Crippen LogP contribution in [0.15, 0.2) is 0 Å². The van der Waals surface area contributed by atoms with Gasteiger partial charge in [0.25, 0.3) is 0 Å². The van der Waals surface area contributed by atoms with Crippen molar-refractivity contribution in [2.75, 3.05) is 6.54 Å². The van der Waals surface area contributed by atoms with Crippen LogP contribution in [-0.2, 0) is 4.79 Å². The van der Waals surface area contributed by atoms with Crippen molar-refractivity contribution in [1.82, 2.24) is 5.32 Å². The number of rotatable bonds is 3. The van der Waals surface area contributed by atoms with E-state index in [1.54, 1.807) is 13.8 Å². The highest BCUT2D eigenvalue weighted by Crippen LogP contribution is 2.37. The first-order chi connectivity index (χ1) is 6.94. The van der Waals surface area contributed by atoms with Gasteiger partial charge < -0.3 is 5.32 Å². The van der Waals surface area contributed by atoms with Crippen molar-refractivity contribution in [3.05, 3.63) is 0 Å². The lowest BCUT2D eigenvalue weighted by Crippen LogP contribution is -2.45. The summed E-state index contributed by atoms with van der Waals surface area (Å²) in [6, 6.07) is 2.00. The number of carbonyl (C=O) groups excluding carboxylic acids is 1. The molecule has 0 aliphatic carbocycles. The van der Waals surface area contributed by atoms with Crippen LogP contribution in [0.2, 0.25) is 0 Å². The smallest absolute Gasteiger partial charge is 0.239 e. The van der Waals surface area contributed by atoms with E-state index >= 15 is 0 Å². The van der Waals surface area contributed by atoms with Gasteiger partial charge in [0, 0.05) is 6.54 Å². The van der Waals surface area contributed by atoms with Gasteiger partial charge in [-0.1, -0.05) is 34.6 Å². The Hall–Kier alpha value is -1.04. The van der Waals surface area contributed by atoms with E-state index in [0.29, 0.717) is 6.54 Å². The van der Waals surface area contributed by atoms with Crippen molar-refractivity contribution in [3.8, 4) is 6.07 Å². The van der Waals surface area contributed by atoms with Crippen LogP contribution in [0.1, 0.15) is 48.5 Å². The zero-order valence-corrected chi connectivity index (χ0v) is 11.6. The number of hydrogen-bond acceptors (Lipinski definition) is 2. The molecule has 3 heteroatoms. The van der Waals surface area contributed by atoms with Gasteiger partial charge in [-0.05, 0) is 24.7 Å². The maximum Gasteiger partial charge on any atom is 0.239 e. The van der Waals surface area contributed by atoms with Crippen molar-refractivity contribution < 1.29 is 4.79 Å². The van der Waals surface area contributed by atoms with Crippen LogP contribution >= 0.6 is 0 Å². The van der Waals surface area contributed by atoms with Gasteiger partial charge in [-0.25, -0.2) is 0 Å². The number of amides is 1. The molecule has 0 bridgehead atoms. The summed E-state index contributed by atoms with van der Waals surface area (Å²) in [5.74, 6) is -0.202. The predicted molar refractivity (Wildman–Crippen MR) is 65.6 cm³/mol. The molecule has 92 valence electrons. The fourth-order valence-corrected chi connectivity index (χ4v) is 0.838. The molecule has 1 N–H and O–H groups in total. The van der Waals surface area contributed by atoms with E-state index in [2.05, 4.69) is 39.9 Å². The van der Waals surface area contributed by atoms with Crippen LogP contribution in [-0.4, -0.2) is 12.5 Å². The van der Waals surface area contributed by atoms with Gasteiger partial charge in [-0.15, -0.1) is 0 Å². The SMILES string of the molecule is CC(C)(C#N)C(=O)NCC(C)(C)C(C)(C)C. The molecule has 0 aliphatic heterocycles. The third-order valence-electron chi connectivity index (χ3n) is 3.57. The lowest BCUT2D eigenvalue weighted by atomic mass is 9.69. The maximum atomic E-state index is 11.7. The van der Waals surface area contributed by atoms with Gasteiger partial charge in [0.15, 0.2) is 0 Å². The van der Waals surface area contributed by atoms with Crippen molar-refractivity contribution in [1.29, 1.82) is 5.26 Å². The topological polar surface area (TPSA) is 52.9 Å². The highest BCUT2D eigenvalue weighted by atomic mass is 16.2. The lowest BCUT2D eigenvalue weighted by molar-refractivity contribution is -0.127. The molecule has 0 saturated heterocycles. The quantitative estimate of drug-likeness (QED) is 0.801. The van der Waals surface area contributed by atoms with Crippen molar-refractivity contribution in [2.24, 2.45) is 16.2 Å². The summed E-state index contributed by atoms with van der Waals surface area (Å²) in [6.45, 7) is 14.5. The molecule has 0 aliphatic rings. The molecule has 0 atom stereocenters. The van der Waals surface area contributed by atoms with Gasteiger partial charge in [0.05, 0.1) is 6.07 Å². The molecule has 0 aromatic carbocycles. The first kappa shape index (κ1) is 15.0. The third-order valence-corrected chi connectivity index (χ3v) is 3.57. The molecule has 3 nitrogen and oxygen atoms in total. The van der Waals surface area contributed by atoms with Crippen molar-refractivity contribution >= 4 is 5.91 Å². The van der Waals surface area contributed by atoms with E-state index in [1.807, 2.05) is 6.07 Å². The summed E-state index contributed by atoms with van der Waals surface area (Å²) in [5, 5.41) is 11.7. The Morgan fingerprint density at radius 1 is 1.12 bits per heavy atom.